The molecule has 144 valence electrons. The topological polar surface area (TPSA) is 64.6 Å². The molecule has 1 N–H and O–H groups in total. The largest absolute Gasteiger partial charge is 0.493 e. The van der Waals surface area contributed by atoms with Gasteiger partial charge in [-0.15, -0.1) is 0 Å². The Bertz CT molecular complexity index is 824. The maximum atomic E-state index is 13.5. The van der Waals surface area contributed by atoms with Crippen LogP contribution in [0.15, 0.2) is 36.4 Å². The van der Waals surface area contributed by atoms with E-state index in [1.807, 2.05) is 24.4 Å². The van der Waals surface area contributed by atoms with E-state index in [1.165, 1.54) is 6.92 Å². The molecule has 0 unspecified atom stereocenters. The molecule has 0 spiro atoms. The van der Waals surface area contributed by atoms with E-state index >= 15 is 0 Å². The van der Waals surface area contributed by atoms with Crippen LogP contribution in [0.1, 0.15) is 18.9 Å². The molecule has 2 aromatic carbocycles. The summed E-state index contributed by atoms with van der Waals surface area (Å²) in [6.45, 7) is 3.25. The number of anilines is 1. The summed E-state index contributed by atoms with van der Waals surface area (Å²) in [5.74, 6) is -5.60. The third-order valence-electron chi connectivity index (χ3n) is 3.57. The van der Waals surface area contributed by atoms with Crippen LogP contribution in [0.4, 0.5) is 18.9 Å². The van der Waals surface area contributed by atoms with Gasteiger partial charge in [0.05, 0.1) is 18.7 Å². The van der Waals surface area contributed by atoms with Gasteiger partial charge in [0.1, 0.15) is 5.75 Å². The van der Waals surface area contributed by atoms with E-state index in [0.29, 0.717) is 11.8 Å². The van der Waals surface area contributed by atoms with Gasteiger partial charge in [0.2, 0.25) is 0 Å². The molecule has 0 saturated heterocycles. The van der Waals surface area contributed by atoms with Gasteiger partial charge in [0.15, 0.2) is 23.6 Å². The Morgan fingerprint density at radius 1 is 1.04 bits per heavy atom. The molecule has 0 radical (unpaired) electrons. The fraction of sp³-hybridized carbons (Fsp3) is 0.263. The zero-order valence-electron chi connectivity index (χ0n) is 14.7. The van der Waals surface area contributed by atoms with Crippen LogP contribution in [-0.4, -0.2) is 24.6 Å². The van der Waals surface area contributed by atoms with Crippen LogP contribution < -0.4 is 10.1 Å². The molecule has 0 aliphatic rings. The van der Waals surface area contributed by atoms with Crippen LogP contribution in [-0.2, 0) is 14.3 Å². The zero-order valence-corrected chi connectivity index (χ0v) is 14.7. The average molecular weight is 381 g/mol. The van der Waals surface area contributed by atoms with Gasteiger partial charge >= 0.3 is 5.97 Å². The number of carbonyl (C=O) groups excluding carboxylic acids is 2. The lowest BCUT2D eigenvalue weighted by Gasteiger charge is -2.14. The highest BCUT2D eigenvalue weighted by molar-refractivity contribution is 5.95. The van der Waals surface area contributed by atoms with Crippen molar-refractivity contribution in [2.24, 2.45) is 0 Å². The lowest BCUT2D eigenvalue weighted by molar-refractivity contribution is -0.153. The van der Waals surface area contributed by atoms with Crippen molar-refractivity contribution >= 4 is 17.6 Å². The number of nitrogens with one attached hydrogen (secondary N) is 1. The fourth-order valence-electron chi connectivity index (χ4n) is 2.05. The van der Waals surface area contributed by atoms with Crippen molar-refractivity contribution in [3.05, 3.63) is 59.4 Å². The smallest absolute Gasteiger partial charge is 0.310 e. The third kappa shape index (κ3) is 5.73. The van der Waals surface area contributed by atoms with Gasteiger partial charge in [0.25, 0.3) is 5.91 Å². The first-order chi connectivity index (χ1) is 12.8. The van der Waals surface area contributed by atoms with Crippen LogP contribution in [0, 0.1) is 24.4 Å². The van der Waals surface area contributed by atoms with Crippen LogP contribution in [0.3, 0.4) is 0 Å². The number of amides is 1. The van der Waals surface area contributed by atoms with Gasteiger partial charge in [-0.05, 0) is 38.1 Å². The number of ether oxygens (including phenoxy) is 2. The second kappa shape index (κ2) is 9.07. The first-order valence-corrected chi connectivity index (χ1v) is 8.11. The molecule has 1 atom stereocenters. The zero-order chi connectivity index (χ0) is 20.0. The van der Waals surface area contributed by atoms with Gasteiger partial charge in [-0.1, -0.05) is 17.7 Å². The Hall–Kier alpha value is -3.03. The molecule has 8 heteroatoms. The van der Waals surface area contributed by atoms with Crippen molar-refractivity contribution in [3.8, 4) is 5.75 Å². The molecular formula is C19H18F3NO4. The van der Waals surface area contributed by atoms with Crippen LogP contribution >= 0.6 is 0 Å². The summed E-state index contributed by atoms with van der Waals surface area (Å²) in [4.78, 5) is 23.7. The number of rotatable bonds is 7. The summed E-state index contributed by atoms with van der Waals surface area (Å²) in [7, 11) is 0. The summed E-state index contributed by atoms with van der Waals surface area (Å²) in [5, 5.41) is 2.04. The lowest BCUT2D eigenvalue weighted by atomic mass is 10.2. The van der Waals surface area contributed by atoms with Gasteiger partial charge in [0, 0.05) is 0 Å². The monoisotopic (exact) mass is 381 g/mol. The highest BCUT2D eigenvalue weighted by atomic mass is 19.2. The number of halogens is 3. The SMILES string of the molecule is Cc1ccc(OCCC(=O)O[C@@H](C)C(=O)Nc2ccc(F)c(F)c2F)cc1. The molecule has 1 amide bonds. The van der Waals surface area contributed by atoms with E-state index in [1.54, 1.807) is 12.1 Å². The molecule has 0 aliphatic carbocycles. The maximum absolute atomic E-state index is 13.5. The van der Waals surface area contributed by atoms with Gasteiger partial charge < -0.3 is 14.8 Å². The van der Waals surface area contributed by atoms with E-state index in [2.05, 4.69) is 0 Å². The molecule has 2 aromatic rings. The highest BCUT2D eigenvalue weighted by Crippen LogP contribution is 2.20. The Morgan fingerprint density at radius 2 is 1.70 bits per heavy atom. The summed E-state index contributed by atoms with van der Waals surface area (Å²) in [5.41, 5.74) is 0.517. The Labute approximate surface area is 154 Å². The second-order valence-corrected chi connectivity index (χ2v) is 5.76. The molecule has 0 bridgehead atoms. The summed E-state index contributed by atoms with van der Waals surface area (Å²) >= 11 is 0. The molecule has 0 fully saturated rings. The normalized spacial score (nSPS) is 11.6. The lowest BCUT2D eigenvalue weighted by Crippen LogP contribution is -2.30. The van der Waals surface area contributed by atoms with E-state index < -0.39 is 41.1 Å². The van der Waals surface area contributed by atoms with Crippen LogP contribution in [0.5, 0.6) is 5.75 Å². The van der Waals surface area contributed by atoms with Gasteiger partial charge in [-0.2, -0.15) is 0 Å². The second-order valence-electron chi connectivity index (χ2n) is 5.76. The number of carbonyl (C=O) groups is 2. The van der Waals surface area contributed by atoms with Crippen molar-refractivity contribution in [1.82, 2.24) is 0 Å². The van der Waals surface area contributed by atoms with E-state index in [-0.39, 0.29) is 13.0 Å². The molecule has 5 nitrogen and oxygen atoms in total. The predicted molar refractivity (Wildman–Crippen MR) is 91.8 cm³/mol. The minimum Gasteiger partial charge on any atom is -0.493 e. The molecule has 0 aromatic heterocycles. The quantitative estimate of drug-likeness (QED) is 0.586. The van der Waals surface area contributed by atoms with E-state index in [4.69, 9.17) is 9.47 Å². The first-order valence-electron chi connectivity index (χ1n) is 8.11. The number of esters is 1. The summed E-state index contributed by atoms with van der Waals surface area (Å²) in [6, 6.07) is 8.78. The van der Waals surface area contributed by atoms with Gasteiger partial charge in [-0.25, -0.2) is 13.2 Å². The third-order valence-corrected chi connectivity index (χ3v) is 3.57. The molecule has 0 heterocycles. The van der Waals surface area contributed by atoms with Crippen molar-refractivity contribution in [2.75, 3.05) is 11.9 Å². The number of hydrogen-bond donors (Lipinski definition) is 1. The average Bonchev–Trinajstić information content (AvgIpc) is 2.63. The van der Waals surface area contributed by atoms with Crippen LogP contribution in [0.25, 0.3) is 0 Å². The van der Waals surface area contributed by atoms with Crippen molar-refractivity contribution in [3.63, 3.8) is 0 Å². The molecule has 0 saturated carbocycles. The van der Waals surface area contributed by atoms with Crippen molar-refractivity contribution in [1.29, 1.82) is 0 Å². The van der Waals surface area contributed by atoms with Crippen molar-refractivity contribution in [2.45, 2.75) is 26.4 Å². The molecule has 27 heavy (non-hydrogen) atoms. The molecule has 0 aliphatic heterocycles. The summed E-state index contributed by atoms with van der Waals surface area (Å²) < 4.78 is 49.9. The Kier molecular flexibility index (Phi) is 6.81. The Morgan fingerprint density at radius 3 is 2.37 bits per heavy atom. The predicted octanol–water partition coefficient (Wildman–Crippen LogP) is 3.75. The molecular weight excluding hydrogens is 363 g/mol. The molecule has 2 rings (SSSR count). The number of hydrogen-bond acceptors (Lipinski definition) is 4. The first kappa shape index (κ1) is 20.3. The Balaban J connectivity index is 1.80. The maximum Gasteiger partial charge on any atom is 0.310 e. The summed E-state index contributed by atoms with van der Waals surface area (Å²) in [6.07, 6.45) is -1.37. The minimum atomic E-state index is -1.70. The van der Waals surface area contributed by atoms with E-state index in [0.717, 1.165) is 11.6 Å². The number of aryl methyl sites for hydroxylation is 1. The van der Waals surface area contributed by atoms with Crippen LogP contribution in [0.2, 0.25) is 0 Å². The highest BCUT2D eigenvalue weighted by Gasteiger charge is 2.21. The van der Waals surface area contributed by atoms with Gasteiger partial charge in [-0.3, -0.25) is 9.59 Å². The number of benzene rings is 2. The van der Waals surface area contributed by atoms with Crippen molar-refractivity contribution < 1.29 is 32.2 Å². The minimum absolute atomic E-state index is 0.0496. The van der Waals surface area contributed by atoms with E-state index in [9.17, 15) is 22.8 Å². The fourth-order valence-corrected chi connectivity index (χ4v) is 2.05. The standard InChI is InChI=1S/C19H18F3NO4/c1-11-3-5-13(6-4-11)26-10-9-16(24)27-12(2)19(25)23-15-8-7-14(20)17(21)18(15)22/h3-8,12H,9-10H2,1-2H3,(H,23,25)/t12-/m0/s1.